The Hall–Kier alpha value is -2.42. The van der Waals surface area contributed by atoms with Gasteiger partial charge in [-0.15, -0.1) is 13.2 Å². The monoisotopic (exact) mass is 252 g/mol. The minimum Gasteiger partial charge on any atom is -0.331 e. The topological polar surface area (TPSA) is 33.2 Å². The van der Waals surface area contributed by atoms with Gasteiger partial charge in [-0.1, -0.05) is 24.3 Å². The number of hydrogen-bond donors (Lipinski definition) is 0. The summed E-state index contributed by atoms with van der Waals surface area (Å²) in [6.07, 6.45) is 5.15. The summed E-state index contributed by atoms with van der Waals surface area (Å²) in [6, 6.07) is 9.32. The normalized spacial score (nSPS) is 10.1. The molecule has 96 valence electrons. The number of carbonyl (C=O) groups excluding carboxylic acids is 1. The molecule has 0 N–H and O–H groups in total. The van der Waals surface area contributed by atoms with Crippen LogP contribution >= 0.6 is 0 Å². The Labute approximate surface area is 112 Å². The molecule has 0 bridgehead atoms. The molecule has 19 heavy (non-hydrogen) atoms. The van der Waals surface area contributed by atoms with Gasteiger partial charge in [0.05, 0.1) is 5.52 Å². The molecule has 0 aliphatic heterocycles. The summed E-state index contributed by atoms with van der Waals surface area (Å²) in [4.78, 5) is 18.5. The summed E-state index contributed by atoms with van der Waals surface area (Å²) >= 11 is 0. The van der Waals surface area contributed by atoms with E-state index >= 15 is 0 Å². The first kappa shape index (κ1) is 13.0. The lowest BCUT2D eigenvalue weighted by atomic mass is 10.1. The molecule has 0 spiro atoms. The van der Waals surface area contributed by atoms with Crippen molar-refractivity contribution >= 4 is 16.8 Å². The molecule has 0 radical (unpaired) electrons. The van der Waals surface area contributed by atoms with Crippen molar-refractivity contribution in [2.75, 3.05) is 13.1 Å². The van der Waals surface area contributed by atoms with Crippen LogP contribution < -0.4 is 0 Å². The molecule has 1 aromatic heterocycles. The second kappa shape index (κ2) is 5.96. The first-order chi connectivity index (χ1) is 9.27. The molecule has 0 atom stereocenters. The van der Waals surface area contributed by atoms with Crippen LogP contribution in [0.3, 0.4) is 0 Å². The Morgan fingerprint density at radius 3 is 2.58 bits per heavy atom. The number of fused-ring (bicyclic) bond motifs is 1. The number of aromatic nitrogens is 1. The van der Waals surface area contributed by atoms with E-state index in [1.54, 1.807) is 23.2 Å². The Morgan fingerprint density at radius 1 is 1.16 bits per heavy atom. The first-order valence-electron chi connectivity index (χ1n) is 6.12. The van der Waals surface area contributed by atoms with Gasteiger partial charge in [-0.25, -0.2) is 0 Å². The van der Waals surface area contributed by atoms with Crippen LogP contribution in [-0.4, -0.2) is 28.9 Å². The predicted molar refractivity (Wildman–Crippen MR) is 78.0 cm³/mol. The van der Waals surface area contributed by atoms with Crippen LogP contribution in [0.4, 0.5) is 0 Å². The molecule has 2 rings (SSSR count). The van der Waals surface area contributed by atoms with E-state index in [9.17, 15) is 4.79 Å². The number of hydrogen-bond acceptors (Lipinski definition) is 2. The molecular formula is C16H16N2O. The van der Waals surface area contributed by atoms with Gasteiger partial charge in [0.15, 0.2) is 0 Å². The van der Waals surface area contributed by atoms with Crippen LogP contribution in [-0.2, 0) is 0 Å². The van der Waals surface area contributed by atoms with E-state index in [0.29, 0.717) is 18.7 Å². The Balaban J connectivity index is 2.45. The second-order valence-electron chi connectivity index (χ2n) is 4.16. The summed E-state index contributed by atoms with van der Waals surface area (Å²) in [5, 5.41) is 0.869. The number of benzene rings is 1. The van der Waals surface area contributed by atoms with Gasteiger partial charge in [-0.3, -0.25) is 9.78 Å². The summed E-state index contributed by atoms with van der Waals surface area (Å²) in [5.74, 6) is -0.0293. The largest absolute Gasteiger partial charge is 0.331 e. The predicted octanol–water partition coefficient (Wildman–Crippen LogP) is 3.05. The fourth-order valence-electron chi connectivity index (χ4n) is 2.01. The molecule has 0 fully saturated rings. The fraction of sp³-hybridized carbons (Fsp3) is 0.125. The maximum atomic E-state index is 12.5. The van der Waals surface area contributed by atoms with Gasteiger partial charge in [0.25, 0.3) is 5.91 Å². The second-order valence-corrected chi connectivity index (χ2v) is 4.16. The number of amides is 1. The summed E-state index contributed by atoms with van der Waals surface area (Å²) < 4.78 is 0. The van der Waals surface area contributed by atoms with Crippen molar-refractivity contribution in [3.05, 3.63) is 67.4 Å². The van der Waals surface area contributed by atoms with Crippen LogP contribution in [0.2, 0.25) is 0 Å². The van der Waals surface area contributed by atoms with Crippen LogP contribution in [0.15, 0.2) is 61.8 Å². The van der Waals surface area contributed by atoms with E-state index in [0.717, 1.165) is 10.9 Å². The number of nitrogens with zero attached hydrogens (tertiary/aromatic N) is 2. The molecule has 0 saturated carbocycles. The summed E-state index contributed by atoms with van der Waals surface area (Å²) in [6.45, 7) is 8.36. The van der Waals surface area contributed by atoms with E-state index in [-0.39, 0.29) is 5.91 Å². The van der Waals surface area contributed by atoms with Gasteiger partial charge in [0, 0.05) is 30.2 Å². The highest BCUT2D eigenvalue weighted by molar-refractivity contribution is 6.06. The average molecular weight is 252 g/mol. The smallest absolute Gasteiger partial charge is 0.255 e. The molecule has 3 heteroatoms. The van der Waals surface area contributed by atoms with E-state index in [4.69, 9.17) is 0 Å². The van der Waals surface area contributed by atoms with Crippen molar-refractivity contribution in [1.29, 1.82) is 0 Å². The lowest BCUT2D eigenvalue weighted by Crippen LogP contribution is -2.31. The van der Waals surface area contributed by atoms with Gasteiger partial charge in [-0.2, -0.15) is 0 Å². The lowest BCUT2D eigenvalue weighted by Gasteiger charge is -2.20. The third kappa shape index (κ3) is 2.71. The molecule has 1 aromatic carbocycles. The SMILES string of the molecule is C=CCN(CC=C)C(=O)c1cccc2ncccc12. The highest BCUT2D eigenvalue weighted by Gasteiger charge is 2.15. The zero-order chi connectivity index (χ0) is 13.7. The molecular weight excluding hydrogens is 236 g/mol. The zero-order valence-electron chi connectivity index (χ0n) is 10.7. The maximum absolute atomic E-state index is 12.5. The van der Waals surface area contributed by atoms with E-state index < -0.39 is 0 Å². The van der Waals surface area contributed by atoms with Crippen molar-refractivity contribution < 1.29 is 4.79 Å². The van der Waals surface area contributed by atoms with Crippen LogP contribution in [0.1, 0.15) is 10.4 Å². The third-order valence-corrected chi connectivity index (χ3v) is 2.86. The third-order valence-electron chi connectivity index (χ3n) is 2.86. The Kier molecular flexibility index (Phi) is 4.08. The Morgan fingerprint density at radius 2 is 1.89 bits per heavy atom. The van der Waals surface area contributed by atoms with Crippen molar-refractivity contribution in [1.82, 2.24) is 9.88 Å². The maximum Gasteiger partial charge on any atom is 0.255 e. The highest BCUT2D eigenvalue weighted by Crippen LogP contribution is 2.18. The van der Waals surface area contributed by atoms with Crippen molar-refractivity contribution in [2.24, 2.45) is 0 Å². The van der Waals surface area contributed by atoms with Crippen LogP contribution in [0.5, 0.6) is 0 Å². The van der Waals surface area contributed by atoms with Crippen molar-refractivity contribution in [3.63, 3.8) is 0 Å². The molecule has 0 saturated heterocycles. The van der Waals surface area contributed by atoms with E-state index in [1.165, 1.54) is 0 Å². The minimum atomic E-state index is -0.0293. The van der Waals surface area contributed by atoms with Crippen LogP contribution in [0.25, 0.3) is 10.9 Å². The van der Waals surface area contributed by atoms with E-state index in [2.05, 4.69) is 18.1 Å². The Bertz CT molecular complexity index is 604. The van der Waals surface area contributed by atoms with Gasteiger partial charge < -0.3 is 4.90 Å². The van der Waals surface area contributed by atoms with Gasteiger partial charge in [-0.05, 0) is 18.2 Å². The van der Waals surface area contributed by atoms with Gasteiger partial charge in [0.1, 0.15) is 0 Å². The van der Waals surface area contributed by atoms with E-state index in [1.807, 2.05) is 30.3 Å². The fourth-order valence-corrected chi connectivity index (χ4v) is 2.01. The molecule has 0 aliphatic carbocycles. The number of rotatable bonds is 5. The molecule has 2 aromatic rings. The molecule has 0 aliphatic rings. The minimum absolute atomic E-state index is 0.0293. The quantitative estimate of drug-likeness (QED) is 0.766. The summed E-state index contributed by atoms with van der Waals surface area (Å²) in [5.41, 5.74) is 1.49. The van der Waals surface area contributed by atoms with Gasteiger partial charge in [0.2, 0.25) is 0 Å². The molecule has 1 amide bonds. The lowest BCUT2D eigenvalue weighted by molar-refractivity contribution is 0.0793. The van der Waals surface area contributed by atoms with Gasteiger partial charge >= 0.3 is 0 Å². The number of carbonyl (C=O) groups is 1. The molecule has 0 unspecified atom stereocenters. The standard InChI is InChI=1S/C16H16N2O/c1-3-11-18(12-4-2)16(19)14-7-5-9-15-13(14)8-6-10-17-15/h3-10H,1-2,11-12H2. The summed E-state index contributed by atoms with van der Waals surface area (Å²) in [7, 11) is 0. The highest BCUT2D eigenvalue weighted by atomic mass is 16.2. The first-order valence-corrected chi connectivity index (χ1v) is 6.12. The molecule has 1 heterocycles. The van der Waals surface area contributed by atoms with Crippen molar-refractivity contribution in [2.45, 2.75) is 0 Å². The van der Waals surface area contributed by atoms with Crippen molar-refractivity contribution in [3.8, 4) is 0 Å². The number of pyridine rings is 1. The molecule has 3 nitrogen and oxygen atoms in total. The zero-order valence-corrected chi connectivity index (χ0v) is 10.7. The van der Waals surface area contributed by atoms with Crippen LogP contribution in [0, 0.1) is 0 Å². The average Bonchev–Trinajstić information content (AvgIpc) is 2.46.